The number of benzene rings is 1. The van der Waals surface area contributed by atoms with E-state index in [1.807, 2.05) is 0 Å². The van der Waals surface area contributed by atoms with Crippen molar-refractivity contribution in [2.24, 2.45) is 17.2 Å². The van der Waals surface area contributed by atoms with Gasteiger partial charge < -0.3 is 101 Å². The maximum absolute atomic E-state index is 14.0. The average molecular weight is 1250 g/mol. The summed E-state index contributed by atoms with van der Waals surface area (Å²) in [4.78, 5) is 89.9. The van der Waals surface area contributed by atoms with Gasteiger partial charge in [0.15, 0.2) is 0 Å². The fourth-order valence-electron chi connectivity index (χ4n) is 7.06. The summed E-state index contributed by atoms with van der Waals surface area (Å²) < 4.78 is 125. The second-order valence-electron chi connectivity index (χ2n) is 18.5. The normalized spacial score (nSPS) is 11.9. The van der Waals surface area contributed by atoms with Crippen molar-refractivity contribution in [2.75, 3.05) is 178 Å². The standard InChI is InChI=1S/C54H92F5N9O18/c55-47-48(56)50(58)52(51(59)49(47)57)86-46(73)12-23-79-31-36-84-38-39-85-37-35-83-27-19-66-53(74)40(6-1-3-16-63-42(69)9-20-76-28-32-80-24-13-60)68-54(75)41(7-2-4-17-64-43(70)10-21-77-29-33-81-25-14-61)67-45(72)8-5-18-65-44(71)11-22-78-30-34-82-26-15-62/h40-41H,1-39,60-62H2,(H,63,69)(H,64,70)(H,65,71)(H,66,74)(H,67,72)(H,68,75)/t40-,41-/m0/s1. The molecule has 27 nitrogen and oxygen atoms in total. The molecule has 86 heavy (non-hydrogen) atoms. The van der Waals surface area contributed by atoms with Crippen LogP contribution in [-0.4, -0.2) is 231 Å². The van der Waals surface area contributed by atoms with E-state index in [-0.39, 0.29) is 162 Å². The molecular weight excluding hydrogens is 1160 g/mol. The van der Waals surface area contributed by atoms with E-state index < -0.39 is 77.0 Å². The zero-order valence-electron chi connectivity index (χ0n) is 49.2. The van der Waals surface area contributed by atoms with Gasteiger partial charge in [0, 0.05) is 71.5 Å². The summed E-state index contributed by atoms with van der Waals surface area (Å²) in [5.41, 5.74) is 16.2. The van der Waals surface area contributed by atoms with Crippen molar-refractivity contribution in [1.82, 2.24) is 31.9 Å². The zero-order valence-corrected chi connectivity index (χ0v) is 49.2. The summed E-state index contributed by atoms with van der Waals surface area (Å²) in [5, 5.41) is 16.7. The molecule has 0 aliphatic rings. The van der Waals surface area contributed by atoms with E-state index in [4.69, 9.17) is 64.6 Å². The molecule has 6 amide bonds. The van der Waals surface area contributed by atoms with Crippen LogP contribution < -0.4 is 53.8 Å². The Balaban J connectivity index is 2.75. The first-order valence-electron chi connectivity index (χ1n) is 28.9. The van der Waals surface area contributed by atoms with E-state index in [9.17, 15) is 55.5 Å². The molecule has 0 radical (unpaired) electrons. The van der Waals surface area contributed by atoms with Gasteiger partial charge in [0.25, 0.3) is 0 Å². The van der Waals surface area contributed by atoms with E-state index >= 15 is 0 Å². The van der Waals surface area contributed by atoms with Crippen LogP contribution in [0.3, 0.4) is 0 Å². The Kier molecular flexibility index (Phi) is 49.2. The molecule has 0 heterocycles. The number of nitrogens with two attached hydrogens (primary N) is 3. The van der Waals surface area contributed by atoms with Gasteiger partial charge in [-0.2, -0.15) is 8.78 Å². The van der Waals surface area contributed by atoms with Crippen molar-refractivity contribution < 1.29 is 108 Å². The Morgan fingerprint density at radius 3 is 1.07 bits per heavy atom. The molecule has 496 valence electrons. The molecule has 2 atom stereocenters. The summed E-state index contributed by atoms with van der Waals surface area (Å²) >= 11 is 0. The van der Waals surface area contributed by atoms with Crippen LogP contribution in [-0.2, 0) is 80.9 Å². The molecule has 0 aliphatic heterocycles. The molecule has 32 heteroatoms. The van der Waals surface area contributed by atoms with Gasteiger partial charge in [-0.15, -0.1) is 0 Å². The van der Waals surface area contributed by atoms with Crippen molar-refractivity contribution in [3.8, 4) is 5.75 Å². The number of halogens is 5. The second-order valence-corrected chi connectivity index (χ2v) is 18.5. The maximum Gasteiger partial charge on any atom is 0.313 e. The summed E-state index contributed by atoms with van der Waals surface area (Å²) in [6.07, 6.45) is 2.07. The monoisotopic (exact) mass is 1250 g/mol. The topological polar surface area (TPSA) is 371 Å². The lowest BCUT2D eigenvalue weighted by Crippen LogP contribution is -2.54. The Labute approximate surface area is 498 Å². The molecule has 0 fully saturated rings. The number of carbonyl (C=O) groups excluding carboxylic acids is 7. The van der Waals surface area contributed by atoms with Gasteiger partial charge in [0.05, 0.1) is 139 Å². The summed E-state index contributed by atoms with van der Waals surface area (Å²) in [7, 11) is 0. The van der Waals surface area contributed by atoms with Crippen molar-refractivity contribution >= 4 is 41.4 Å². The number of esters is 1. The fraction of sp³-hybridized carbons (Fsp3) is 0.759. The minimum absolute atomic E-state index is 0.0154. The highest BCUT2D eigenvalue weighted by Gasteiger charge is 2.29. The summed E-state index contributed by atoms with van der Waals surface area (Å²) in [6.45, 7) is 6.19. The van der Waals surface area contributed by atoms with E-state index in [1.165, 1.54) is 0 Å². The molecule has 1 aromatic carbocycles. The Hall–Kier alpha value is -5.36. The molecule has 0 aliphatic carbocycles. The fourth-order valence-corrected chi connectivity index (χ4v) is 7.06. The van der Waals surface area contributed by atoms with Gasteiger partial charge in [-0.25, -0.2) is 13.2 Å². The minimum atomic E-state index is -2.39. The number of nitrogens with one attached hydrogen (secondary N) is 6. The van der Waals surface area contributed by atoms with Gasteiger partial charge in [0.1, 0.15) is 12.1 Å². The highest BCUT2D eigenvalue weighted by atomic mass is 19.2. The van der Waals surface area contributed by atoms with E-state index in [0.717, 1.165) is 0 Å². The van der Waals surface area contributed by atoms with E-state index in [1.54, 1.807) is 0 Å². The highest BCUT2D eigenvalue weighted by Crippen LogP contribution is 2.29. The predicted octanol–water partition coefficient (Wildman–Crippen LogP) is -0.555. The third-order valence-corrected chi connectivity index (χ3v) is 11.5. The van der Waals surface area contributed by atoms with Crippen LogP contribution in [0, 0.1) is 29.1 Å². The summed E-state index contributed by atoms with van der Waals surface area (Å²) in [6, 6.07) is -2.14. The van der Waals surface area contributed by atoms with E-state index in [0.29, 0.717) is 105 Å². The lowest BCUT2D eigenvalue weighted by molar-refractivity contribution is -0.136. The molecule has 1 aromatic rings. The molecule has 0 spiro atoms. The molecule has 0 unspecified atom stereocenters. The Bertz CT molecular complexity index is 2000. The molecule has 0 bridgehead atoms. The van der Waals surface area contributed by atoms with Gasteiger partial charge >= 0.3 is 5.97 Å². The lowest BCUT2D eigenvalue weighted by atomic mass is 10.0. The number of ether oxygens (including phenoxy) is 11. The third-order valence-electron chi connectivity index (χ3n) is 11.5. The number of hydrogen-bond donors (Lipinski definition) is 9. The maximum atomic E-state index is 14.0. The Morgan fingerprint density at radius 1 is 0.326 bits per heavy atom. The molecule has 1 rings (SSSR count). The molecule has 0 aromatic heterocycles. The van der Waals surface area contributed by atoms with Crippen LogP contribution in [0.5, 0.6) is 5.75 Å². The van der Waals surface area contributed by atoms with Crippen LogP contribution >= 0.6 is 0 Å². The highest BCUT2D eigenvalue weighted by molar-refractivity contribution is 5.92. The van der Waals surface area contributed by atoms with Gasteiger partial charge in [0.2, 0.25) is 70.3 Å². The lowest BCUT2D eigenvalue weighted by Gasteiger charge is -2.23. The van der Waals surface area contributed by atoms with Crippen LogP contribution in [0.1, 0.15) is 77.0 Å². The number of unbranched alkanes of at least 4 members (excludes halogenated alkanes) is 2. The van der Waals surface area contributed by atoms with Crippen LogP contribution in [0.15, 0.2) is 0 Å². The first-order valence-corrected chi connectivity index (χ1v) is 28.9. The van der Waals surface area contributed by atoms with Crippen molar-refractivity contribution in [3.63, 3.8) is 0 Å². The molecule has 0 saturated carbocycles. The molecular formula is C54H92F5N9O18. The molecule has 0 saturated heterocycles. The van der Waals surface area contributed by atoms with Gasteiger partial charge in [-0.3, -0.25) is 33.6 Å². The van der Waals surface area contributed by atoms with Crippen LogP contribution in [0.4, 0.5) is 22.0 Å². The van der Waals surface area contributed by atoms with E-state index in [2.05, 4.69) is 36.6 Å². The molecule has 12 N–H and O–H groups in total. The Morgan fingerprint density at radius 2 is 0.663 bits per heavy atom. The van der Waals surface area contributed by atoms with Crippen molar-refractivity contribution in [1.29, 1.82) is 0 Å². The quantitative estimate of drug-likeness (QED) is 0.00986. The summed E-state index contributed by atoms with van der Waals surface area (Å²) in [5.74, 6) is -16.8. The number of hydrogen-bond acceptors (Lipinski definition) is 21. The number of amides is 6. The average Bonchev–Trinajstić information content (AvgIpc) is 3.58. The predicted molar refractivity (Wildman–Crippen MR) is 299 cm³/mol. The second kappa shape index (κ2) is 53.8. The van der Waals surface area contributed by atoms with Gasteiger partial charge in [-0.05, 0) is 44.9 Å². The van der Waals surface area contributed by atoms with Crippen LogP contribution in [0.25, 0.3) is 0 Å². The van der Waals surface area contributed by atoms with Crippen molar-refractivity contribution in [2.45, 2.75) is 89.1 Å². The zero-order chi connectivity index (χ0) is 63.3. The minimum Gasteiger partial charge on any atom is -0.420 e. The third kappa shape index (κ3) is 41.7. The first-order chi connectivity index (χ1) is 41.7. The number of carbonyl (C=O) groups is 7. The van der Waals surface area contributed by atoms with Crippen LogP contribution in [0.2, 0.25) is 0 Å². The first kappa shape index (κ1) is 78.7. The largest absolute Gasteiger partial charge is 0.420 e. The van der Waals surface area contributed by atoms with Crippen molar-refractivity contribution in [3.05, 3.63) is 29.1 Å². The smallest absolute Gasteiger partial charge is 0.313 e. The number of rotatable bonds is 58. The SMILES string of the molecule is NCCOCCOCCC(=O)NCCCC[C@H](NC(=O)CCCNC(=O)CCOCCOCCN)C(=O)N[C@@H](CCCCNC(=O)CCOCCOCCN)C(=O)NCCOCCOCCOCCOCCC(=O)Oc1c(F)c(F)c(F)c(F)c1F. The van der Waals surface area contributed by atoms with Gasteiger partial charge in [-0.1, -0.05) is 0 Å².